The Balaban J connectivity index is 2.33. The number of ether oxygens (including phenoxy) is 1. The molecule has 0 radical (unpaired) electrons. The second-order valence-corrected chi connectivity index (χ2v) is 4.70. The highest BCUT2D eigenvalue weighted by Gasteiger charge is 2.36. The molecule has 6 heteroatoms. The standard InChI is InChI=1S/C13H15F4NO/c14-9-1-2-11(13(15,16)17)10(7-9)12(18)8-3-5-19-6-4-8/h1-2,7-8,12H,3-6,18H2/t12-/m0/s1. The predicted molar refractivity (Wildman–Crippen MR) is 61.9 cm³/mol. The van der Waals surface area contributed by atoms with Crippen LogP contribution in [0.1, 0.15) is 30.0 Å². The van der Waals surface area contributed by atoms with Crippen molar-refractivity contribution in [2.45, 2.75) is 25.1 Å². The summed E-state index contributed by atoms with van der Waals surface area (Å²) in [7, 11) is 0. The second-order valence-electron chi connectivity index (χ2n) is 4.70. The van der Waals surface area contributed by atoms with E-state index < -0.39 is 23.6 Å². The Morgan fingerprint density at radius 3 is 2.42 bits per heavy atom. The van der Waals surface area contributed by atoms with Crippen LogP contribution in [0, 0.1) is 11.7 Å². The Morgan fingerprint density at radius 2 is 1.84 bits per heavy atom. The molecule has 0 saturated carbocycles. The number of hydrogen-bond acceptors (Lipinski definition) is 2. The van der Waals surface area contributed by atoms with Gasteiger partial charge in [-0.3, -0.25) is 0 Å². The van der Waals surface area contributed by atoms with Gasteiger partial charge in [0.25, 0.3) is 0 Å². The topological polar surface area (TPSA) is 35.2 Å². The summed E-state index contributed by atoms with van der Waals surface area (Å²) < 4.78 is 57.1. The van der Waals surface area contributed by atoms with Gasteiger partial charge in [-0.1, -0.05) is 0 Å². The van der Waals surface area contributed by atoms with E-state index in [1.165, 1.54) is 0 Å². The van der Waals surface area contributed by atoms with Crippen LogP contribution in [-0.2, 0) is 10.9 Å². The Morgan fingerprint density at radius 1 is 1.21 bits per heavy atom. The highest BCUT2D eigenvalue weighted by Crippen LogP contribution is 2.38. The van der Waals surface area contributed by atoms with E-state index in [4.69, 9.17) is 10.5 Å². The molecular weight excluding hydrogens is 262 g/mol. The van der Waals surface area contributed by atoms with Crippen molar-refractivity contribution in [1.82, 2.24) is 0 Å². The first-order valence-electron chi connectivity index (χ1n) is 6.09. The number of benzene rings is 1. The van der Waals surface area contributed by atoms with Crippen LogP contribution >= 0.6 is 0 Å². The maximum absolute atomic E-state index is 13.2. The van der Waals surface area contributed by atoms with E-state index in [2.05, 4.69) is 0 Å². The highest BCUT2D eigenvalue weighted by atomic mass is 19.4. The number of nitrogens with two attached hydrogens (primary N) is 1. The summed E-state index contributed by atoms with van der Waals surface area (Å²) in [4.78, 5) is 0. The third-order valence-electron chi connectivity index (χ3n) is 3.45. The first kappa shape index (κ1) is 14.3. The van der Waals surface area contributed by atoms with Crippen molar-refractivity contribution >= 4 is 0 Å². The fraction of sp³-hybridized carbons (Fsp3) is 0.538. The molecule has 2 rings (SSSR count). The minimum Gasteiger partial charge on any atom is -0.381 e. The molecule has 1 heterocycles. The third-order valence-corrected chi connectivity index (χ3v) is 3.45. The number of alkyl halides is 3. The SMILES string of the molecule is N[C@H](c1cc(F)ccc1C(F)(F)F)C1CCOCC1. The van der Waals surface area contributed by atoms with Crippen LogP contribution in [0.2, 0.25) is 0 Å². The van der Waals surface area contributed by atoms with Gasteiger partial charge < -0.3 is 10.5 Å². The van der Waals surface area contributed by atoms with Crippen LogP contribution in [0.4, 0.5) is 17.6 Å². The van der Waals surface area contributed by atoms with Gasteiger partial charge in [-0.05, 0) is 42.5 Å². The van der Waals surface area contributed by atoms with Crippen molar-refractivity contribution in [1.29, 1.82) is 0 Å². The molecule has 2 nitrogen and oxygen atoms in total. The van der Waals surface area contributed by atoms with Crippen LogP contribution in [0.3, 0.4) is 0 Å². The molecule has 0 spiro atoms. The molecule has 1 saturated heterocycles. The molecule has 1 aromatic carbocycles. The molecule has 2 N–H and O–H groups in total. The molecule has 0 bridgehead atoms. The molecule has 1 atom stereocenters. The normalized spacial score (nSPS) is 19.4. The second kappa shape index (κ2) is 5.46. The Hall–Kier alpha value is -1.14. The summed E-state index contributed by atoms with van der Waals surface area (Å²) in [5.74, 6) is -0.817. The summed E-state index contributed by atoms with van der Waals surface area (Å²) in [5.41, 5.74) is 4.89. The van der Waals surface area contributed by atoms with Gasteiger partial charge in [0, 0.05) is 19.3 Å². The van der Waals surface area contributed by atoms with E-state index in [-0.39, 0.29) is 11.5 Å². The zero-order valence-electron chi connectivity index (χ0n) is 10.2. The van der Waals surface area contributed by atoms with Crippen molar-refractivity contribution in [3.63, 3.8) is 0 Å². The van der Waals surface area contributed by atoms with Crippen LogP contribution in [0.25, 0.3) is 0 Å². The minimum absolute atomic E-state index is 0.114. The lowest BCUT2D eigenvalue weighted by Gasteiger charge is -2.29. The summed E-state index contributed by atoms with van der Waals surface area (Å²) in [5, 5.41) is 0. The molecular formula is C13H15F4NO. The Bertz CT molecular complexity index is 441. The number of halogens is 4. The summed E-state index contributed by atoms with van der Waals surface area (Å²) in [6.07, 6.45) is -3.34. The lowest BCUT2D eigenvalue weighted by atomic mass is 9.85. The van der Waals surface area contributed by atoms with Gasteiger partial charge in [-0.25, -0.2) is 4.39 Å². The van der Waals surface area contributed by atoms with Crippen LogP contribution in [0.15, 0.2) is 18.2 Å². The van der Waals surface area contributed by atoms with E-state index in [1.807, 2.05) is 0 Å². The smallest absolute Gasteiger partial charge is 0.381 e. The first-order chi connectivity index (χ1) is 8.89. The van der Waals surface area contributed by atoms with Gasteiger partial charge in [-0.2, -0.15) is 13.2 Å². The molecule has 0 aliphatic carbocycles. The molecule has 1 aliphatic heterocycles. The zero-order valence-corrected chi connectivity index (χ0v) is 10.2. The maximum Gasteiger partial charge on any atom is 0.416 e. The average molecular weight is 277 g/mol. The van der Waals surface area contributed by atoms with Gasteiger partial charge >= 0.3 is 6.18 Å². The summed E-state index contributed by atoms with van der Waals surface area (Å²) >= 11 is 0. The fourth-order valence-electron chi connectivity index (χ4n) is 2.40. The largest absolute Gasteiger partial charge is 0.416 e. The van der Waals surface area contributed by atoms with E-state index in [9.17, 15) is 17.6 Å². The lowest BCUT2D eigenvalue weighted by Crippen LogP contribution is -2.29. The number of rotatable bonds is 2. The molecule has 0 aromatic heterocycles. The molecule has 0 amide bonds. The van der Waals surface area contributed by atoms with E-state index in [0.29, 0.717) is 26.1 Å². The monoisotopic (exact) mass is 277 g/mol. The first-order valence-corrected chi connectivity index (χ1v) is 6.09. The molecule has 19 heavy (non-hydrogen) atoms. The van der Waals surface area contributed by atoms with Crippen LogP contribution in [0.5, 0.6) is 0 Å². The zero-order chi connectivity index (χ0) is 14.0. The number of hydrogen-bond donors (Lipinski definition) is 1. The fourth-order valence-corrected chi connectivity index (χ4v) is 2.40. The van der Waals surface area contributed by atoms with Gasteiger partial charge in [0.1, 0.15) is 5.82 Å². The lowest BCUT2D eigenvalue weighted by molar-refractivity contribution is -0.138. The van der Waals surface area contributed by atoms with Crippen molar-refractivity contribution in [3.05, 3.63) is 35.1 Å². The highest BCUT2D eigenvalue weighted by molar-refractivity contribution is 5.33. The minimum atomic E-state index is -4.52. The van der Waals surface area contributed by atoms with Crippen molar-refractivity contribution in [3.8, 4) is 0 Å². The van der Waals surface area contributed by atoms with Gasteiger partial charge in [0.2, 0.25) is 0 Å². The van der Waals surface area contributed by atoms with Gasteiger partial charge in [0.15, 0.2) is 0 Å². The summed E-state index contributed by atoms with van der Waals surface area (Å²) in [6.45, 7) is 0.962. The third kappa shape index (κ3) is 3.25. The van der Waals surface area contributed by atoms with E-state index in [1.54, 1.807) is 0 Å². The van der Waals surface area contributed by atoms with Crippen LogP contribution < -0.4 is 5.73 Å². The molecule has 0 unspecified atom stereocenters. The van der Waals surface area contributed by atoms with Gasteiger partial charge in [0.05, 0.1) is 5.56 Å². The molecule has 1 fully saturated rings. The quantitative estimate of drug-likeness (QED) is 0.842. The Labute approximate surface area is 108 Å². The Kier molecular flexibility index (Phi) is 4.10. The molecule has 1 aliphatic rings. The molecule has 1 aromatic rings. The average Bonchev–Trinajstić information content (AvgIpc) is 2.37. The van der Waals surface area contributed by atoms with Crippen LogP contribution in [-0.4, -0.2) is 13.2 Å². The van der Waals surface area contributed by atoms with Crippen molar-refractivity contribution in [2.24, 2.45) is 11.7 Å². The van der Waals surface area contributed by atoms with E-state index >= 15 is 0 Å². The summed E-state index contributed by atoms with van der Waals surface area (Å²) in [6, 6.07) is 1.63. The molecule has 106 valence electrons. The van der Waals surface area contributed by atoms with Crippen molar-refractivity contribution < 1.29 is 22.3 Å². The maximum atomic E-state index is 13.2. The van der Waals surface area contributed by atoms with Gasteiger partial charge in [-0.15, -0.1) is 0 Å². The van der Waals surface area contributed by atoms with Crippen molar-refractivity contribution in [2.75, 3.05) is 13.2 Å². The predicted octanol–water partition coefficient (Wildman–Crippen LogP) is 3.27. The van der Waals surface area contributed by atoms with E-state index in [0.717, 1.165) is 18.2 Å².